The van der Waals surface area contributed by atoms with Crippen LogP contribution in [0.2, 0.25) is 0 Å². The first kappa shape index (κ1) is 23.1. The zero-order valence-corrected chi connectivity index (χ0v) is 16.9. The van der Waals surface area contributed by atoms with Gasteiger partial charge in [-0.05, 0) is 44.3 Å². The average Bonchev–Trinajstić information content (AvgIpc) is 2.62. The van der Waals surface area contributed by atoms with Gasteiger partial charge in [-0.15, -0.1) is 0 Å². The molecule has 0 bridgehead atoms. The number of ketones is 1. The molecule has 6 nitrogen and oxygen atoms in total. The standard InChI is InChI=1S/C21H32O6/c1-7-18-15(4)9-13(2)8-14(3)10-17(26-6)11-21(25,12-22)19(23)16(5)20(24)27-18/h9-10,14,16,18,22,25H,2,7-8,11-12H2,1,3-6H3/b15-9-,17-10+/t14-,16+,18?,21+/m0/s1. The van der Waals surface area contributed by atoms with E-state index in [2.05, 4.69) is 6.58 Å². The minimum Gasteiger partial charge on any atom is -0.501 e. The highest BCUT2D eigenvalue weighted by atomic mass is 16.5. The summed E-state index contributed by atoms with van der Waals surface area (Å²) in [5.41, 5.74) is -0.402. The molecule has 0 aliphatic carbocycles. The molecular formula is C21H32O6. The Labute approximate surface area is 161 Å². The highest BCUT2D eigenvalue weighted by Gasteiger charge is 2.42. The van der Waals surface area contributed by atoms with Crippen molar-refractivity contribution in [1.82, 2.24) is 0 Å². The number of hydrogen-bond acceptors (Lipinski definition) is 6. The van der Waals surface area contributed by atoms with Gasteiger partial charge in [0.2, 0.25) is 0 Å². The molecule has 1 aliphatic heterocycles. The molecule has 0 radical (unpaired) electrons. The van der Waals surface area contributed by atoms with Gasteiger partial charge in [0.05, 0.1) is 19.5 Å². The number of rotatable bonds is 3. The van der Waals surface area contributed by atoms with Crippen LogP contribution in [-0.2, 0) is 19.1 Å². The van der Waals surface area contributed by atoms with Gasteiger partial charge in [0.1, 0.15) is 12.0 Å². The van der Waals surface area contributed by atoms with E-state index in [1.54, 1.807) is 6.08 Å². The van der Waals surface area contributed by atoms with Crippen molar-refractivity contribution >= 4 is 11.8 Å². The lowest BCUT2D eigenvalue weighted by Gasteiger charge is -2.29. The van der Waals surface area contributed by atoms with Crippen LogP contribution in [0, 0.1) is 11.8 Å². The first-order valence-electron chi connectivity index (χ1n) is 9.26. The van der Waals surface area contributed by atoms with Crippen LogP contribution in [-0.4, -0.2) is 47.4 Å². The van der Waals surface area contributed by atoms with Gasteiger partial charge in [0.25, 0.3) is 0 Å². The summed E-state index contributed by atoms with van der Waals surface area (Å²) in [4.78, 5) is 25.2. The number of aliphatic hydroxyl groups excluding tert-OH is 1. The molecule has 27 heavy (non-hydrogen) atoms. The van der Waals surface area contributed by atoms with E-state index >= 15 is 0 Å². The van der Waals surface area contributed by atoms with Crippen LogP contribution < -0.4 is 0 Å². The van der Waals surface area contributed by atoms with Crippen LogP contribution >= 0.6 is 0 Å². The fraction of sp³-hybridized carbons (Fsp3) is 0.619. The molecule has 1 aliphatic rings. The van der Waals surface area contributed by atoms with E-state index in [1.807, 2.05) is 26.8 Å². The number of hydrogen-bond donors (Lipinski definition) is 2. The van der Waals surface area contributed by atoms with E-state index in [1.165, 1.54) is 14.0 Å². The van der Waals surface area contributed by atoms with E-state index in [-0.39, 0.29) is 12.3 Å². The lowest BCUT2D eigenvalue weighted by molar-refractivity contribution is -0.162. The number of cyclic esters (lactones) is 1. The Morgan fingerprint density at radius 2 is 2.00 bits per heavy atom. The molecule has 0 aromatic heterocycles. The SMILES string of the molecule is C=C1/C=C(/C)C(CC)OC(=O)[C@H](C)C(=O)[C@](O)(CO)C/C(OC)=C\[C@@H](C)C1. The molecule has 0 amide bonds. The zero-order chi connectivity index (χ0) is 20.8. The number of aliphatic hydroxyl groups is 2. The summed E-state index contributed by atoms with van der Waals surface area (Å²) in [7, 11) is 1.44. The van der Waals surface area contributed by atoms with Crippen LogP contribution in [0.5, 0.6) is 0 Å². The number of ether oxygens (including phenoxy) is 2. The number of methoxy groups -OCH3 is 1. The average molecular weight is 380 g/mol. The smallest absolute Gasteiger partial charge is 0.316 e. The third-order valence-corrected chi connectivity index (χ3v) is 4.82. The molecule has 0 fully saturated rings. The molecule has 6 heteroatoms. The summed E-state index contributed by atoms with van der Waals surface area (Å²) >= 11 is 0. The Kier molecular flexibility index (Phi) is 8.44. The Balaban J connectivity index is 3.38. The summed E-state index contributed by atoms with van der Waals surface area (Å²) in [5.74, 6) is -2.33. The van der Waals surface area contributed by atoms with Crippen molar-refractivity contribution in [3.05, 3.63) is 35.6 Å². The molecule has 2 N–H and O–H groups in total. The van der Waals surface area contributed by atoms with E-state index in [4.69, 9.17) is 9.47 Å². The molecule has 152 valence electrons. The van der Waals surface area contributed by atoms with Crippen molar-refractivity contribution in [2.24, 2.45) is 11.8 Å². The van der Waals surface area contributed by atoms with Gasteiger partial charge in [-0.1, -0.05) is 32.1 Å². The van der Waals surface area contributed by atoms with E-state index in [0.717, 1.165) is 11.1 Å². The first-order chi connectivity index (χ1) is 12.6. The van der Waals surface area contributed by atoms with E-state index in [9.17, 15) is 19.8 Å². The van der Waals surface area contributed by atoms with E-state index in [0.29, 0.717) is 18.6 Å². The molecule has 4 atom stereocenters. The summed E-state index contributed by atoms with van der Waals surface area (Å²) < 4.78 is 10.8. The van der Waals surface area contributed by atoms with Crippen LogP contribution in [0.3, 0.4) is 0 Å². The number of Topliss-reactive ketones (excluding diaryl/α,β-unsaturated/α-hetero) is 1. The second-order valence-electron chi connectivity index (χ2n) is 7.35. The maximum absolute atomic E-state index is 12.7. The zero-order valence-electron chi connectivity index (χ0n) is 16.9. The van der Waals surface area contributed by atoms with Crippen molar-refractivity contribution in [2.75, 3.05) is 13.7 Å². The Morgan fingerprint density at radius 3 is 2.52 bits per heavy atom. The number of carbonyl (C=O) groups excluding carboxylic acids is 2. The lowest BCUT2D eigenvalue weighted by atomic mass is 9.86. The third-order valence-electron chi connectivity index (χ3n) is 4.82. The van der Waals surface area contributed by atoms with Crippen molar-refractivity contribution in [3.8, 4) is 0 Å². The Hall–Kier alpha value is -1.92. The minimum absolute atomic E-state index is 0.0394. The van der Waals surface area contributed by atoms with Gasteiger partial charge in [0.15, 0.2) is 11.4 Å². The molecule has 0 aromatic carbocycles. The monoisotopic (exact) mass is 380 g/mol. The van der Waals surface area contributed by atoms with Crippen molar-refractivity contribution in [1.29, 1.82) is 0 Å². The molecule has 0 saturated carbocycles. The predicted molar refractivity (Wildman–Crippen MR) is 103 cm³/mol. The lowest BCUT2D eigenvalue weighted by Crippen LogP contribution is -2.48. The van der Waals surface area contributed by atoms with Gasteiger partial charge in [0, 0.05) is 6.42 Å². The Bertz CT molecular complexity index is 633. The predicted octanol–water partition coefficient (Wildman–Crippen LogP) is 2.70. The number of carbonyl (C=O) groups is 2. The third kappa shape index (κ3) is 6.04. The number of esters is 1. The van der Waals surface area contributed by atoms with Gasteiger partial charge < -0.3 is 19.7 Å². The largest absolute Gasteiger partial charge is 0.501 e. The molecule has 1 rings (SSSR count). The minimum atomic E-state index is -2.12. The van der Waals surface area contributed by atoms with E-state index < -0.39 is 36.0 Å². The molecule has 0 spiro atoms. The summed E-state index contributed by atoms with van der Waals surface area (Å²) in [6.07, 6.45) is 4.19. The van der Waals surface area contributed by atoms with Crippen molar-refractivity contribution in [2.45, 2.75) is 58.7 Å². The molecule has 1 heterocycles. The van der Waals surface area contributed by atoms with Crippen molar-refractivity contribution < 1.29 is 29.3 Å². The van der Waals surface area contributed by atoms with Crippen LogP contribution in [0.15, 0.2) is 35.6 Å². The fourth-order valence-corrected chi connectivity index (χ4v) is 3.22. The maximum Gasteiger partial charge on any atom is 0.316 e. The molecule has 1 unspecified atom stereocenters. The van der Waals surface area contributed by atoms with Crippen molar-refractivity contribution in [3.63, 3.8) is 0 Å². The molecule has 0 saturated heterocycles. The topological polar surface area (TPSA) is 93.1 Å². The second kappa shape index (κ2) is 9.85. The van der Waals surface area contributed by atoms with Gasteiger partial charge in [-0.3, -0.25) is 9.59 Å². The maximum atomic E-state index is 12.7. The normalized spacial score (nSPS) is 35.4. The molecular weight excluding hydrogens is 348 g/mol. The van der Waals surface area contributed by atoms with Crippen LogP contribution in [0.1, 0.15) is 47.0 Å². The van der Waals surface area contributed by atoms with Crippen LogP contribution in [0.4, 0.5) is 0 Å². The molecule has 0 aromatic rings. The number of allylic oxidation sites excluding steroid dienone is 3. The Morgan fingerprint density at radius 1 is 1.37 bits per heavy atom. The van der Waals surface area contributed by atoms with Gasteiger partial charge in [-0.25, -0.2) is 0 Å². The first-order valence-corrected chi connectivity index (χ1v) is 9.26. The quantitative estimate of drug-likeness (QED) is 0.578. The van der Waals surface area contributed by atoms with Gasteiger partial charge in [-0.2, -0.15) is 0 Å². The van der Waals surface area contributed by atoms with Crippen LogP contribution in [0.25, 0.3) is 0 Å². The fourth-order valence-electron chi connectivity index (χ4n) is 3.22. The summed E-state index contributed by atoms with van der Waals surface area (Å²) in [6, 6.07) is 0. The highest BCUT2D eigenvalue weighted by Crippen LogP contribution is 2.27. The summed E-state index contributed by atoms with van der Waals surface area (Å²) in [6.45, 7) is 10.3. The second-order valence-corrected chi connectivity index (χ2v) is 7.35. The van der Waals surface area contributed by atoms with Gasteiger partial charge >= 0.3 is 5.97 Å². The summed E-state index contributed by atoms with van der Waals surface area (Å²) in [5, 5.41) is 20.4. The highest BCUT2D eigenvalue weighted by molar-refractivity contribution is 6.03.